The molecule has 0 aliphatic heterocycles. The SMILES string of the molecule is CCO/N=C/c1cn(-c2ccccc2)nc1-c1ccc([N+](=O)[O-])cc1. The molecular formula is C18H16N4O3. The summed E-state index contributed by atoms with van der Waals surface area (Å²) in [5.41, 5.74) is 3.13. The van der Waals surface area contributed by atoms with E-state index in [2.05, 4.69) is 10.3 Å². The molecule has 0 unspecified atom stereocenters. The van der Waals surface area contributed by atoms with Crippen LogP contribution in [-0.2, 0) is 4.84 Å². The summed E-state index contributed by atoms with van der Waals surface area (Å²) in [4.78, 5) is 15.4. The lowest BCUT2D eigenvalue weighted by atomic mass is 10.1. The number of nitro benzene ring substituents is 1. The van der Waals surface area contributed by atoms with Crippen LogP contribution in [0.25, 0.3) is 16.9 Å². The second-order valence-electron chi connectivity index (χ2n) is 5.17. The summed E-state index contributed by atoms with van der Waals surface area (Å²) in [5, 5.41) is 19.3. The first kappa shape index (κ1) is 16.4. The van der Waals surface area contributed by atoms with Crippen LogP contribution < -0.4 is 0 Å². The van der Waals surface area contributed by atoms with Crippen LogP contribution in [-0.4, -0.2) is 27.5 Å². The van der Waals surface area contributed by atoms with Gasteiger partial charge in [-0.1, -0.05) is 23.4 Å². The van der Waals surface area contributed by atoms with Crippen LogP contribution in [0.5, 0.6) is 0 Å². The quantitative estimate of drug-likeness (QED) is 0.389. The molecule has 7 nitrogen and oxygen atoms in total. The number of para-hydroxylation sites is 1. The average Bonchev–Trinajstić information content (AvgIpc) is 3.07. The van der Waals surface area contributed by atoms with Crippen molar-refractivity contribution in [3.8, 4) is 16.9 Å². The van der Waals surface area contributed by atoms with Crippen molar-refractivity contribution in [3.05, 3.63) is 76.5 Å². The zero-order valence-corrected chi connectivity index (χ0v) is 13.6. The van der Waals surface area contributed by atoms with Crippen molar-refractivity contribution >= 4 is 11.9 Å². The summed E-state index contributed by atoms with van der Waals surface area (Å²) < 4.78 is 1.74. The van der Waals surface area contributed by atoms with Crippen molar-refractivity contribution < 1.29 is 9.76 Å². The van der Waals surface area contributed by atoms with Gasteiger partial charge >= 0.3 is 0 Å². The summed E-state index contributed by atoms with van der Waals surface area (Å²) >= 11 is 0. The van der Waals surface area contributed by atoms with E-state index in [-0.39, 0.29) is 5.69 Å². The van der Waals surface area contributed by atoms with E-state index in [4.69, 9.17) is 4.84 Å². The number of hydrogen-bond acceptors (Lipinski definition) is 5. The van der Waals surface area contributed by atoms with Crippen LogP contribution in [0, 0.1) is 10.1 Å². The Morgan fingerprint density at radius 3 is 2.56 bits per heavy atom. The van der Waals surface area contributed by atoms with Crippen molar-refractivity contribution in [2.75, 3.05) is 6.61 Å². The lowest BCUT2D eigenvalue weighted by Crippen LogP contribution is -1.94. The van der Waals surface area contributed by atoms with Gasteiger partial charge in [0.2, 0.25) is 0 Å². The van der Waals surface area contributed by atoms with Crippen LogP contribution in [0.15, 0.2) is 65.9 Å². The van der Waals surface area contributed by atoms with E-state index < -0.39 is 4.92 Å². The van der Waals surface area contributed by atoms with Crippen molar-refractivity contribution in [2.45, 2.75) is 6.92 Å². The van der Waals surface area contributed by atoms with Crippen molar-refractivity contribution in [1.29, 1.82) is 0 Å². The third kappa shape index (κ3) is 3.72. The summed E-state index contributed by atoms with van der Waals surface area (Å²) in [5.74, 6) is 0. The van der Waals surface area contributed by atoms with Crippen LogP contribution in [0.3, 0.4) is 0 Å². The number of hydrogen-bond donors (Lipinski definition) is 0. The monoisotopic (exact) mass is 336 g/mol. The molecule has 0 radical (unpaired) electrons. The normalized spacial score (nSPS) is 10.9. The lowest BCUT2D eigenvalue weighted by Gasteiger charge is -2.00. The highest BCUT2D eigenvalue weighted by atomic mass is 16.6. The minimum atomic E-state index is -0.427. The lowest BCUT2D eigenvalue weighted by molar-refractivity contribution is -0.384. The predicted molar refractivity (Wildman–Crippen MR) is 94.9 cm³/mol. The third-order valence-electron chi connectivity index (χ3n) is 3.51. The third-order valence-corrected chi connectivity index (χ3v) is 3.51. The van der Waals surface area contributed by atoms with Crippen molar-refractivity contribution in [3.63, 3.8) is 0 Å². The molecule has 25 heavy (non-hydrogen) atoms. The zero-order valence-electron chi connectivity index (χ0n) is 13.6. The fourth-order valence-corrected chi connectivity index (χ4v) is 2.33. The van der Waals surface area contributed by atoms with E-state index in [1.54, 1.807) is 23.0 Å². The number of nitrogens with zero attached hydrogens (tertiary/aromatic N) is 4. The summed E-state index contributed by atoms with van der Waals surface area (Å²) in [6.07, 6.45) is 3.43. The highest BCUT2D eigenvalue weighted by Gasteiger charge is 2.13. The Bertz CT molecular complexity index is 886. The second-order valence-corrected chi connectivity index (χ2v) is 5.17. The molecule has 0 saturated carbocycles. The molecule has 3 aromatic rings. The molecule has 126 valence electrons. The number of rotatable bonds is 6. The molecule has 0 fully saturated rings. The molecule has 0 N–H and O–H groups in total. The molecule has 7 heteroatoms. The van der Waals surface area contributed by atoms with E-state index in [0.29, 0.717) is 12.3 Å². The Balaban J connectivity index is 2.03. The summed E-state index contributed by atoms with van der Waals surface area (Å²) in [6.45, 7) is 2.32. The Kier molecular flexibility index (Phi) is 4.84. The standard InChI is InChI=1S/C18H16N4O3/c1-2-25-19-12-15-13-21(16-6-4-3-5-7-16)20-18(15)14-8-10-17(11-9-14)22(23)24/h3-13H,2H2,1H3/b19-12+. The molecule has 0 amide bonds. The van der Waals surface area contributed by atoms with E-state index in [1.807, 2.05) is 43.5 Å². The van der Waals surface area contributed by atoms with Crippen LogP contribution >= 0.6 is 0 Å². The first-order chi connectivity index (χ1) is 12.2. The fourth-order valence-electron chi connectivity index (χ4n) is 2.33. The molecular weight excluding hydrogens is 320 g/mol. The van der Waals surface area contributed by atoms with E-state index >= 15 is 0 Å². The molecule has 1 aromatic heterocycles. The Hall–Kier alpha value is -3.48. The van der Waals surface area contributed by atoms with Gasteiger partial charge in [0.1, 0.15) is 12.3 Å². The molecule has 0 aliphatic rings. The van der Waals surface area contributed by atoms with Gasteiger partial charge in [-0.3, -0.25) is 10.1 Å². The van der Waals surface area contributed by atoms with Gasteiger partial charge in [0.05, 0.1) is 16.8 Å². The van der Waals surface area contributed by atoms with Crippen LogP contribution in [0.2, 0.25) is 0 Å². The molecule has 0 aliphatic carbocycles. The highest BCUT2D eigenvalue weighted by molar-refractivity contribution is 5.88. The molecule has 3 rings (SSSR count). The number of oxime groups is 1. The van der Waals surface area contributed by atoms with Gasteiger partial charge in [0.15, 0.2) is 0 Å². The van der Waals surface area contributed by atoms with Gasteiger partial charge in [-0.25, -0.2) is 4.68 Å². The van der Waals surface area contributed by atoms with Crippen LogP contribution in [0.1, 0.15) is 12.5 Å². The Morgan fingerprint density at radius 1 is 1.20 bits per heavy atom. The van der Waals surface area contributed by atoms with Crippen molar-refractivity contribution in [2.24, 2.45) is 5.16 Å². The first-order valence-electron chi connectivity index (χ1n) is 7.74. The van der Waals surface area contributed by atoms with Gasteiger partial charge in [0, 0.05) is 29.5 Å². The average molecular weight is 336 g/mol. The highest BCUT2D eigenvalue weighted by Crippen LogP contribution is 2.25. The van der Waals surface area contributed by atoms with Gasteiger partial charge in [-0.15, -0.1) is 0 Å². The smallest absolute Gasteiger partial charge is 0.269 e. The summed E-state index contributed by atoms with van der Waals surface area (Å²) in [7, 11) is 0. The molecule has 0 spiro atoms. The molecule has 1 heterocycles. The molecule has 2 aromatic carbocycles. The maximum atomic E-state index is 10.8. The second kappa shape index (κ2) is 7.39. The van der Waals surface area contributed by atoms with Gasteiger partial charge < -0.3 is 4.84 Å². The van der Waals surface area contributed by atoms with E-state index in [1.165, 1.54) is 12.1 Å². The molecule has 0 bridgehead atoms. The molecule has 0 saturated heterocycles. The first-order valence-corrected chi connectivity index (χ1v) is 7.74. The Labute approximate surface area is 144 Å². The van der Waals surface area contributed by atoms with Crippen molar-refractivity contribution in [1.82, 2.24) is 9.78 Å². The van der Waals surface area contributed by atoms with Crippen LogP contribution in [0.4, 0.5) is 5.69 Å². The largest absolute Gasteiger partial charge is 0.396 e. The minimum Gasteiger partial charge on any atom is -0.396 e. The minimum absolute atomic E-state index is 0.0378. The topological polar surface area (TPSA) is 82.5 Å². The maximum Gasteiger partial charge on any atom is 0.269 e. The maximum absolute atomic E-state index is 10.8. The number of nitro groups is 1. The summed E-state index contributed by atoms with van der Waals surface area (Å²) in [6, 6.07) is 15.9. The number of non-ortho nitro benzene ring substituents is 1. The fraction of sp³-hybridized carbons (Fsp3) is 0.111. The number of benzene rings is 2. The van der Waals surface area contributed by atoms with E-state index in [0.717, 1.165) is 16.8 Å². The zero-order chi connectivity index (χ0) is 17.6. The van der Waals surface area contributed by atoms with E-state index in [9.17, 15) is 10.1 Å². The predicted octanol–water partition coefficient (Wildman–Crippen LogP) is 3.82. The van der Waals surface area contributed by atoms with Gasteiger partial charge in [-0.2, -0.15) is 5.10 Å². The Morgan fingerprint density at radius 2 is 1.92 bits per heavy atom. The van der Waals surface area contributed by atoms with Gasteiger partial charge in [0.25, 0.3) is 5.69 Å². The molecule has 0 atom stereocenters. The number of aromatic nitrogens is 2. The van der Waals surface area contributed by atoms with Gasteiger partial charge in [-0.05, 0) is 31.2 Å².